The monoisotopic (exact) mass is 258 g/mol. The predicted octanol–water partition coefficient (Wildman–Crippen LogP) is 0.636. The largest absolute Gasteiger partial charge is 0.409 e. The lowest BCUT2D eigenvalue weighted by molar-refractivity contribution is 0.318. The van der Waals surface area contributed by atoms with Gasteiger partial charge in [0, 0.05) is 5.69 Å². The molecule has 3 rings (SSSR count). The van der Waals surface area contributed by atoms with Gasteiger partial charge in [0.2, 0.25) is 0 Å². The molecule has 0 aromatic carbocycles. The number of nitrogens with two attached hydrogens (primary N) is 1. The number of aryl methyl sites for hydroxylation is 1. The molecule has 0 unspecified atom stereocenters. The smallest absolute Gasteiger partial charge is 0.190 e. The van der Waals surface area contributed by atoms with E-state index in [-0.39, 0.29) is 5.84 Å². The van der Waals surface area contributed by atoms with E-state index in [2.05, 4.69) is 20.1 Å². The van der Waals surface area contributed by atoms with Crippen LogP contribution in [0, 0.1) is 0 Å². The van der Waals surface area contributed by atoms with Crippen LogP contribution in [0.15, 0.2) is 23.9 Å². The highest BCUT2D eigenvalue weighted by Gasteiger charge is 2.16. The number of rotatable bonds is 2. The summed E-state index contributed by atoms with van der Waals surface area (Å²) in [7, 11) is 0. The minimum Gasteiger partial charge on any atom is -0.409 e. The highest BCUT2D eigenvalue weighted by Crippen LogP contribution is 2.21. The van der Waals surface area contributed by atoms with Gasteiger partial charge in [-0.15, -0.1) is 0 Å². The van der Waals surface area contributed by atoms with Crippen LogP contribution in [0.1, 0.15) is 29.9 Å². The molecule has 0 fully saturated rings. The molecule has 7 nitrogen and oxygen atoms in total. The molecule has 0 bridgehead atoms. The average molecular weight is 258 g/mol. The predicted molar refractivity (Wildman–Crippen MR) is 68.3 cm³/mol. The van der Waals surface area contributed by atoms with Crippen LogP contribution < -0.4 is 5.73 Å². The van der Waals surface area contributed by atoms with E-state index >= 15 is 0 Å². The van der Waals surface area contributed by atoms with E-state index in [0.717, 1.165) is 18.5 Å². The van der Waals surface area contributed by atoms with Crippen molar-refractivity contribution in [2.75, 3.05) is 0 Å². The Hall–Kier alpha value is -2.44. The van der Waals surface area contributed by atoms with Gasteiger partial charge in [0.25, 0.3) is 0 Å². The van der Waals surface area contributed by atoms with Crippen LogP contribution in [0.4, 0.5) is 0 Å². The molecule has 7 heteroatoms. The zero-order chi connectivity index (χ0) is 13.2. The first kappa shape index (κ1) is 11.6. The number of hydrogen-bond acceptors (Lipinski definition) is 5. The van der Waals surface area contributed by atoms with Crippen LogP contribution in [0.5, 0.6) is 0 Å². The Kier molecular flexibility index (Phi) is 2.86. The van der Waals surface area contributed by atoms with Crippen molar-refractivity contribution in [2.45, 2.75) is 25.7 Å². The Morgan fingerprint density at radius 2 is 2.05 bits per heavy atom. The highest BCUT2D eigenvalue weighted by atomic mass is 16.4. The Morgan fingerprint density at radius 3 is 2.79 bits per heavy atom. The molecule has 0 radical (unpaired) electrons. The van der Waals surface area contributed by atoms with E-state index in [0.29, 0.717) is 11.5 Å². The summed E-state index contributed by atoms with van der Waals surface area (Å²) in [6, 6.07) is 0. The van der Waals surface area contributed by atoms with Crippen LogP contribution in [0.25, 0.3) is 5.82 Å². The molecule has 3 N–H and O–H groups in total. The number of hydrogen-bond donors (Lipinski definition) is 2. The molecule has 0 saturated carbocycles. The molecular weight excluding hydrogens is 244 g/mol. The van der Waals surface area contributed by atoms with E-state index < -0.39 is 0 Å². The molecule has 1 aliphatic carbocycles. The number of amidine groups is 1. The molecule has 2 heterocycles. The second kappa shape index (κ2) is 4.68. The second-order valence-electron chi connectivity index (χ2n) is 4.46. The quantitative estimate of drug-likeness (QED) is 0.356. The van der Waals surface area contributed by atoms with Crippen LogP contribution in [-0.2, 0) is 12.8 Å². The maximum Gasteiger partial charge on any atom is 0.190 e. The summed E-state index contributed by atoms with van der Waals surface area (Å²) in [5.41, 5.74) is 8.15. The zero-order valence-corrected chi connectivity index (χ0v) is 10.3. The van der Waals surface area contributed by atoms with Crippen molar-refractivity contribution in [3.63, 3.8) is 0 Å². The molecule has 98 valence electrons. The van der Waals surface area contributed by atoms with Gasteiger partial charge in [-0.05, 0) is 25.7 Å². The van der Waals surface area contributed by atoms with E-state index in [1.807, 2.05) is 4.57 Å². The molecule has 2 aromatic rings. The fourth-order valence-corrected chi connectivity index (χ4v) is 2.30. The van der Waals surface area contributed by atoms with Crippen LogP contribution in [0.2, 0.25) is 0 Å². The first-order valence-corrected chi connectivity index (χ1v) is 6.15. The van der Waals surface area contributed by atoms with Crippen molar-refractivity contribution in [3.05, 3.63) is 35.8 Å². The molecule has 2 aromatic heterocycles. The second-order valence-corrected chi connectivity index (χ2v) is 4.46. The molecule has 0 saturated heterocycles. The third-order valence-electron chi connectivity index (χ3n) is 3.29. The molecule has 0 atom stereocenters. The maximum atomic E-state index is 8.58. The Labute approximate surface area is 109 Å². The van der Waals surface area contributed by atoms with Crippen molar-refractivity contribution in [2.24, 2.45) is 10.9 Å². The maximum absolute atomic E-state index is 8.58. The minimum absolute atomic E-state index is 0.0493. The van der Waals surface area contributed by atoms with Gasteiger partial charge in [-0.3, -0.25) is 4.57 Å². The van der Waals surface area contributed by atoms with Crippen molar-refractivity contribution in [1.29, 1.82) is 0 Å². The Bertz CT molecular complexity index is 616. The molecule has 0 amide bonds. The Morgan fingerprint density at radius 1 is 1.21 bits per heavy atom. The third kappa shape index (κ3) is 2.03. The molecule has 19 heavy (non-hydrogen) atoms. The number of oxime groups is 1. The lowest BCUT2D eigenvalue weighted by atomic mass is 10.0. The molecule has 1 aliphatic rings. The van der Waals surface area contributed by atoms with Gasteiger partial charge in [0.05, 0.1) is 18.1 Å². The summed E-state index contributed by atoms with van der Waals surface area (Å²) < 4.78 is 1.96. The van der Waals surface area contributed by atoms with Gasteiger partial charge in [0.1, 0.15) is 12.0 Å². The number of aromatic nitrogens is 4. The van der Waals surface area contributed by atoms with Gasteiger partial charge >= 0.3 is 0 Å². The van der Waals surface area contributed by atoms with Crippen molar-refractivity contribution in [3.8, 4) is 5.82 Å². The summed E-state index contributed by atoms with van der Waals surface area (Å²) in [4.78, 5) is 12.8. The Balaban J connectivity index is 1.96. The van der Waals surface area contributed by atoms with Gasteiger partial charge in [-0.2, -0.15) is 0 Å². The van der Waals surface area contributed by atoms with Crippen molar-refractivity contribution < 1.29 is 5.21 Å². The highest BCUT2D eigenvalue weighted by molar-refractivity contribution is 5.94. The summed E-state index contributed by atoms with van der Waals surface area (Å²) >= 11 is 0. The van der Waals surface area contributed by atoms with Crippen LogP contribution in [0.3, 0.4) is 0 Å². The van der Waals surface area contributed by atoms with Crippen molar-refractivity contribution in [1.82, 2.24) is 19.5 Å². The fourth-order valence-electron chi connectivity index (χ4n) is 2.30. The summed E-state index contributed by atoms with van der Waals surface area (Å²) in [6.07, 6.45) is 9.27. The summed E-state index contributed by atoms with van der Waals surface area (Å²) in [5, 5.41) is 11.5. The normalized spacial score (nSPS) is 15.3. The minimum atomic E-state index is -0.0493. The molecule has 0 spiro atoms. The van der Waals surface area contributed by atoms with E-state index in [1.165, 1.54) is 24.7 Å². The average Bonchev–Trinajstić information content (AvgIpc) is 2.90. The van der Waals surface area contributed by atoms with E-state index in [4.69, 9.17) is 10.9 Å². The number of fused-ring (bicyclic) bond motifs is 1. The van der Waals surface area contributed by atoms with Crippen LogP contribution in [-0.4, -0.2) is 30.6 Å². The van der Waals surface area contributed by atoms with Gasteiger partial charge in [-0.25, -0.2) is 15.0 Å². The topological polar surface area (TPSA) is 102 Å². The van der Waals surface area contributed by atoms with E-state index in [9.17, 15) is 0 Å². The SMILES string of the molecule is NC(=NO)c1cnc(-n2cnc3c2CCCC3)cn1. The van der Waals surface area contributed by atoms with Gasteiger partial charge < -0.3 is 10.9 Å². The van der Waals surface area contributed by atoms with Crippen molar-refractivity contribution >= 4 is 5.84 Å². The van der Waals surface area contributed by atoms with Gasteiger partial charge in [-0.1, -0.05) is 5.16 Å². The lowest BCUT2D eigenvalue weighted by Crippen LogP contribution is -2.16. The molecule has 0 aliphatic heterocycles. The zero-order valence-electron chi connectivity index (χ0n) is 10.3. The van der Waals surface area contributed by atoms with Crippen LogP contribution >= 0.6 is 0 Å². The van der Waals surface area contributed by atoms with E-state index in [1.54, 1.807) is 12.5 Å². The first-order chi connectivity index (χ1) is 9.29. The van der Waals surface area contributed by atoms with Gasteiger partial charge in [0.15, 0.2) is 11.7 Å². The first-order valence-electron chi connectivity index (χ1n) is 6.15. The summed E-state index contributed by atoms with van der Waals surface area (Å²) in [5.74, 6) is 0.650. The third-order valence-corrected chi connectivity index (χ3v) is 3.29. The summed E-state index contributed by atoms with van der Waals surface area (Å²) in [6.45, 7) is 0. The number of imidazole rings is 1. The lowest BCUT2D eigenvalue weighted by Gasteiger charge is -2.13. The standard InChI is InChI=1S/C12H14N6O/c13-12(17-19)9-5-15-11(6-14-9)18-7-16-8-3-1-2-4-10(8)18/h5-7,19H,1-4H2,(H2,13,17). The molecular formula is C12H14N6O. The fraction of sp³-hybridized carbons (Fsp3) is 0.333. The number of nitrogens with zero attached hydrogens (tertiary/aromatic N) is 5.